The maximum absolute atomic E-state index is 14.7. The van der Waals surface area contributed by atoms with E-state index in [1.807, 2.05) is 0 Å². The van der Waals surface area contributed by atoms with Crippen molar-refractivity contribution in [3.8, 4) is 16.9 Å². The summed E-state index contributed by atoms with van der Waals surface area (Å²) in [6, 6.07) is 2.77. The van der Waals surface area contributed by atoms with Gasteiger partial charge in [-0.2, -0.15) is 39.5 Å². The molecule has 2 atom stereocenters. The molecule has 14 heteroatoms. The van der Waals surface area contributed by atoms with Crippen molar-refractivity contribution in [3.05, 3.63) is 87.7 Å². The summed E-state index contributed by atoms with van der Waals surface area (Å²) in [7, 11) is 1.24. The van der Waals surface area contributed by atoms with E-state index in [1.54, 1.807) is 13.8 Å². The molecule has 238 valence electrons. The van der Waals surface area contributed by atoms with E-state index in [0.29, 0.717) is 12.1 Å². The molecular formula is C30H26F10N2O2. The van der Waals surface area contributed by atoms with E-state index in [1.165, 1.54) is 20.1 Å². The van der Waals surface area contributed by atoms with Crippen molar-refractivity contribution in [2.75, 3.05) is 7.11 Å². The van der Waals surface area contributed by atoms with Crippen molar-refractivity contribution >= 4 is 6.03 Å². The third kappa shape index (κ3) is 6.58. The monoisotopic (exact) mass is 636 g/mol. The smallest absolute Gasteiger partial charge is 0.416 e. The number of carbonyl (C=O) groups excluding carboxylic acids is 1. The lowest BCUT2D eigenvalue weighted by atomic mass is 9.91. The van der Waals surface area contributed by atoms with Gasteiger partial charge in [0.15, 0.2) is 0 Å². The Labute approximate surface area is 245 Å². The number of hydrogen-bond donors (Lipinski definition) is 1. The van der Waals surface area contributed by atoms with Crippen molar-refractivity contribution in [3.63, 3.8) is 0 Å². The van der Waals surface area contributed by atoms with Gasteiger partial charge in [0.05, 0.1) is 35.9 Å². The third-order valence-electron chi connectivity index (χ3n) is 7.49. The van der Waals surface area contributed by atoms with E-state index in [0.717, 1.165) is 29.2 Å². The van der Waals surface area contributed by atoms with Gasteiger partial charge in [0.2, 0.25) is 0 Å². The van der Waals surface area contributed by atoms with E-state index in [2.05, 4.69) is 5.32 Å². The molecule has 1 aliphatic heterocycles. The van der Waals surface area contributed by atoms with Crippen LogP contribution in [0.1, 0.15) is 66.1 Å². The van der Waals surface area contributed by atoms with Crippen molar-refractivity contribution in [1.82, 2.24) is 10.2 Å². The fraction of sp³-hybridized carbons (Fsp3) is 0.367. The van der Waals surface area contributed by atoms with Crippen molar-refractivity contribution < 1.29 is 53.4 Å². The molecule has 1 saturated heterocycles. The molecule has 0 radical (unpaired) electrons. The molecule has 1 fully saturated rings. The zero-order valence-electron chi connectivity index (χ0n) is 23.6. The van der Waals surface area contributed by atoms with Gasteiger partial charge in [0, 0.05) is 18.2 Å². The first kappa shape index (κ1) is 32.9. The summed E-state index contributed by atoms with van der Waals surface area (Å²) in [6.45, 7) is 4.23. The average Bonchev–Trinajstić information content (AvgIpc) is 3.19. The van der Waals surface area contributed by atoms with Gasteiger partial charge in [-0.15, -0.1) is 0 Å². The summed E-state index contributed by atoms with van der Waals surface area (Å²) < 4.78 is 142. The molecule has 4 nitrogen and oxygen atoms in total. The molecule has 1 aliphatic rings. The molecule has 0 saturated carbocycles. The summed E-state index contributed by atoms with van der Waals surface area (Å²) in [6.07, 6.45) is -15.0. The van der Waals surface area contributed by atoms with Crippen LogP contribution in [0.3, 0.4) is 0 Å². The second-order valence-corrected chi connectivity index (χ2v) is 10.7. The van der Waals surface area contributed by atoms with E-state index < -0.39 is 71.3 Å². The lowest BCUT2D eigenvalue weighted by Crippen LogP contribution is -2.32. The van der Waals surface area contributed by atoms with Crippen LogP contribution in [0.15, 0.2) is 48.5 Å². The number of urea groups is 1. The number of alkyl halides is 9. The molecule has 0 unspecified atom stereocenters. The predicted molar refractivity (Wildman–Crippen MR) is 140 cm³/mol. The number of benzene rings is 3. The van der Waals surface area contributed by atoms with Crippen LogP contribution in [0, 0.1) is 5.82 Å². The topological polar surface area (TPSA) is 41.6 Å². The highest BCUT2D eigenvalue weighted by molar-refractivity contribution is 5.80. The average molecular weight is 637 g/mol. The first-order valence-electron chi connectivity index (χ1n) is 13.2. The number of hydrogen-bond acceptors (Lipinski definition) is 2. The summed E-state index contributed by atoms with van der Waals surface area (Å²) >= 11 is 0. The highest BCUT2D eigenvalue weighted by Crippen LogP contribution is 2.42. The zero-order chi connectivity index (χ0) is 32.9. The van der Waals surface area contributed by atoms with Crippen LogP contribution in [0.4, 0.5) is 48.7 Å². The SMILES string of the molecule is COc1cc(F)c(C(C)C)cc1-c1ccc(C(F)(F)F)cc1CN1C(=O)N[C@H](c2cc(C(F)(F)F)cc(C(F)(F)F)c2)[C@@H]1C. The number of halogens is 10. The van der Waals surface area contributed by atoms with Crippen LogP contribution in [0.2, 0.25) is 0 Å². The number of rotatable bonds is 6. The maximum Gasteiger partial charge on any atom is 0.416 e. The Kier molecular flexibility index (Phi) is 8.62. The van der Waals surface area contributed by atoms with Gasteiger partial charge in [0.1, 0.15) is 11.6 Å². The number of nitrogens with one attached hydrogen (secondary N) is 1. The lowest BCUT2D eigenvalue weighted by Gasteiger charge is -2.26. The van der Waals surface area contributed by atoms with Gasteiger partial charge in [-0.05, 0) is 71.5 Å². The van der Waals surface area contributed by atoms with E-state index >= 15 is 0 Å². The first-order valence-corrected chi connectivity index (χ1v) is 13.2. The summed E-state index contributed by atoms with van der Waals surface area (Å²) in [4.78, 5) is 14.1. The standard InChI is InChI=1S/C30H26F10N2O2/c1-14(2)22-11-23(25(44-4)12-24(22)31)21-6-5-18(28(32,33)34)9-17(21)13-42-15(3)26(41-27(42)43)16-7-19(29(35,36)37)10-20(8-16)30(38,39)40/h5-12,14-15,26H,13H2,1-4H3,(H,41,43)/t15-,26-/m0/s1. The van der Waals surface area contributed by atoms with Gasteiger partial charge < -0.3 is 15.0 Å². The largest absolute Gasteiger partial charge is 0.496 e. The molecule has 0 spiro atoms. The Morgan fingerprint density at radius 2 is 1.39 bits per heavy atom. The summed E-state index contributed by atoms with van der Waals surface area (Å²) in [5.41, 5.74) is -4.17. The number of ether oxygens (including phenoxy) is 1. The normalized spacial score (nSPS) is 17.8. The molecule has 1 heterocycles. The number of carbonyl (C=O) groups is 1. The van der Waals surface area contributed by atoms with Crippen molar-refractivity contribution in [1.29, 1.82) is 0 Å². The van der Waals surface area contributed by atoms with Crippen LogP contribution in [0.5, 0.6) is 5.75 Å². The van der Waals surface area contributed by atoms with Crippen LogP contribution in [0.25, 0.3) is 11.1 Å². The molecule has 0 aromatic heterocycles. The van der Waals surface area contributed by atoms with Gasteiger partial charge in [-0.1, -0.05) is 19.9 Å². The van der Waals surface area contributed by atoms with Crippen LogP contribution < -0.4 is 10.1 Å². The minimum Gasteiger partial charge on any atom is -0.496 e. The minimum atomic E-state index is -5.13. The fourth-order valence-corrected chi connectivity index (χ4v) is 5.18. The molecule has 0 bridgehead atoms. The van der Waals surface area contributed by atoms with E-state index in [9.17, 15) is 48.7 Å². The van der Waals surface area contributed by atoms with Gasteiger partial charge in [-0.25, -0.2) is 9.18 Å². The fourth-order valence-electron chi connectivity index (χ4n) is 5.18. The van der Waals surface area contributed by atoms with Gasteiger partial charge in [-0.3, -0.25) is 0 Å². The van der Waals surface area contributed by atoms with Crippen LogP contribution >= 0.6 is 0 Å². The van der Waals surface area contributed by atoms with Crippen LogP contribution in [-0.2, 0) is 25.1 Å². The quantitative estimate of drug-likeness (QED) is 0.274. The first-order chi connectivity index (χ1) is 20.2. The van der Waals surface area contributed by atoms with E-state index in [-0.39, 0.29) is 40.0 Å². The van der Waals surface area contributed by atoms with E-state index in [4.69, 9.17) is 4.74 Å². The second-order valence-electron chi connectivity index (χ2n) is 10.7. The van der Waals surface area contributed by atoms with Gasteiger partial charge in [0.25, 0.3) is 0 Å². The molecule has 3 aromatic carbocycles. The van der Waals surface area contributed by atoms with Crippen LogP contribution in [-0.4, -0.2) is 24.1 Å². The predicted octanol–water partition coefficient (Wildman–Crippen LogP) is 9.34. The third-order valence-corrected chi connectivity index (χ3v) is 7.49. The molecule has 0 aliphatic carbocycles. The molecule has 2 amide bonds. The summed E-state index contributed by atoms with van der Waals surface area (Å²) in [5, 5.41) is 2.36. The Hall–Kier alpha value is -3.97. The molecule has 3 aromatic rings. The maximum atomic E-state index is 14.7. The highest BCUT2D eigenvalue weighted by atomic mass is 19.4. The minimum absolute atomic E-state index is 0.00615. The highest BCUT2D eigenvalue weighted by Gasteiger charge is 2.42. The summed E-state index contributed by atoms with van der Waals surface area (Å²) in [5.74, 6) is -0.936. The zero-order valence-corrected chi connectivity index (χ0v) is 23.6. The molecule has 4 rings (SSSR count). The molecular weight excluding hydrogens is 610 g/mol. The molecule has 1 N–H and O–H groups in total. The number of methoxy groups -OCH3 is 1. The van der Waals surface area contributed by atoms with Crippen molar-refractivity contribution in [2.24, 2.45) is 0 Å². The Balaban J connectivity index is 1.81. The van der Waals surface area contributed by atoms with Gasteiger partial charge >= 0.3 is 24.6 Å². The number of nitrogens with zero attached hydrogens (tertiary/aromatic N) is 1. The Morgan fingerprint density at radius 3 is 1.89 bits per heavy atom. The van der Waals surface area contributed by atoms with Crippen molar-refractivity contribution in [2.45, 2.75) is 63.8 Å². The second kappa shape index (κ2) is 11.5. The lowest BCUT2D eigenvalue weighted by molar-refractivity contribution is -0.143. The Bertz CT molecular complexity index is 1530. The number of amides is 2. The Morgan fingerprint density at radius 1 is 0.818 bits per heavy atom. The molecule has 44 heavy (non-hydrogen) atoms.